The summed E-state index contributed by atoms with van der Waals surface area (Å²) in [6.07, 6.45) is 16.1. The predicted octanol–water partition coefficient (Wildman–Crippen LogP) is 5.46. The van der Waals surface area contributed by atoms with E-state index in [0.717, 1.165) is 13.1 Å². The quantitative estimate of drug-likeness (QED) is 0.339. The van der Waals surface area contributed by atoms with Gasteiger partial charge < -0.3 is 5.32 Å². The summed E-state index contributed by atoms with van der Waals surface area (Å²) in [4.78, 5) is 0. The van der Waals surface area contributed by atoms with Gasteiger partial charge in [0.2, 0.25) is 0 Å². The van der Waals surface area contributed by atoms with Crippen LogP contribution in [0, 0.1) is 0 Å². The van der Waals surface area contributed by atoms with Crippen LogP contribution >= 0.6 is 0 Å². The van der Waals surface area contributed by atoms with Crippen molar-refractivity contribution in [3.63, 3.8) is 0 Å². The second-order valence-electron chi connectivity index (χ2n) is 5.46. The standard InChI is InChI=1S/C17H35N/c1-4-6-7-8-9-10-11-13-17(3)14-12-16-18-15-5-2/h14,18H,4-13,15-16H2,1-3H3. The van der Waals surface area contributed by atoms with Gasteiger partial charge in [0.05, 0.1) is 0 Å². The minimum absolute atomic E-state index is 1.14. The number of unbranched alkanes of at least 4 members (excludes halogenated alkanes) is 6. The highest BCUT2D eigenvalue weighted by Gasteiger charge is 1.93. The maximum Gasteiger partial charge on any atom is -0.00142 e. The molecule has 0 amide bonds. The van der Waals surface area contributed by atoms with Crippen molar-refractivity contribution in [2.75, 3.05) is 13.1 Å². The molecule has 0 aliphatic rings. The highest BCUT2D eigenvalue weighted by Crippen LogP contribution is 2.12. The fourth-order valence-corrected chi connectivity index (χ4v) is 2.19. The van der Waals surface area contributed by atoms with Gasteiger partial charge in [-0.25, -0.2) is 0 Å². The molecule has 0 aliphatic heterocycles. The third-order valence-electron chi connectivity index (χ3n) is 3.42. The fraction of sp³-hybridized carbons (Fsp3) is 0.882. The number of rotatable bonds is 13. The van der Waals surface area contributed by atoms with Gasteiger partial charge in [-0.1, -0.05) is 64.0 Å². The van der Waals surface area contributed by atoms with Crippen LogP contribution in [0.3, 0.4) is 0 Å². The van der Waals surface area contributed by atoms with Crippen LogP contribution in [0.1, 0.15) is 85.0 Å². The van der Waals surface area contributed by atoms with Gasteiger partial charge in [-0.2, -0.15) is 0 Å². The van der Waals surface area contributed by atoms with Crippen molar-refractivity contribution in [2.45, 2.75) is 85.0 Å². The molecule has 0 radical (unpaired) electrons. The predicted molar refractivity (Wildman–Crippen MR) is 84.1 cm³/mol. The molecule has 0 saturated heterocycles. The Morgan fingerprint density at radius 3 is 2.17 bits per heavy atom. The van der Waals surface area contributed by atoms with Crippen LogP contribution in [0.4, 0.5) is 0 Å². The second kappa shape index (κ2) is 14.8. The van der Waals surface area contributed by atoms with Gasteiger partial charge in [-0.05, 0) is 45.7 Å². The first-order chi connectivity index (χ1) is 8.81. The fourth-order valence-electron chi connectivity index (χ4n) is 2.19. The van der Waals surface area contributed by atoms with Crippen LogP contribution in [-0.2, 0) is 0 Å². The van der Waals surface area contributed by atoms with Crippen molar-refractivity contribution < 1.29 is 0 Å². The molecule has 0 fully saturated rings. The zero-order chi connectivity index (χ0) is 13.5. The summed E-state index contributed by atoms with van der Waals surface area (Å²) in [6.45, 7) is 9.09. The molecule has 18 heavy (non-hydrogen) atoms. The molecular weight excluding hydrogens is 218 g/mol. The first kappa shape index (κ1) is 17.7. The van der Waals surface area contributed by atoms with Crippen LogP contribution < -0.4 is 5.32 Å². The largest absolute Gasteiger partial charge is 0.316 e. The maximum atomic E-state index is 3.44. The Kier molecular flexibility index (Phi) is 14.5. The SMILES string of the molecule is CCCCCCCCCC(C)=CCCNCCC. The Morgan fingerprint density at radius 1 is 0.833 bits per heavy atom. The molecule has 0 unspecified atom stereocenters. The molecule has 0 spiro atoms. The minimum atomic E-state index is 1.14. The van der Waals surface area contributed by atoms with Gasteiger partial charge in [0.25, 0.3) is 0 Å². The van der Waals surface area contributed by atoms with Crippen molar-refractivity contribution in [1.82, 2.24) is 5.32 Å². The lowest BCUT2D eigenvalue weighted by molar-refractivity contribution is 0.588. The summed E-state index contributed by atoms with van der Waals surface area (Å²) >= 11 is 0. The van der Waals surface area contributed by atoms with Crippen LogP contribution in [-0.4, -0.2) is 13.1 Å². The van der Waals surface area contributed by atoms with Crippen LogP contribution in [0.2, 0.25) is 0 Å². The Balaban J connectivity index is 3.24. The summed E-state index contributed by atoms with van der Waals surface area (Å²) in [5, 5.41) is 3.44. The Labute approximate surface area is 115 Å². The molecule has 0 aromatic rings. The Bertz CT molecular complexity index is 184. The maximum absolute atomic E-state index is 3.44. The third-order valence-corrected chi connectivity index (χ3v) is 3.42. The Hall–Kier alpha value is -0.300. The van der Waals surface area contributed by atoms with Gasteiger partial charge in [0, 0.05) is 0 Å². The highest BCUT2D eigenvalue weighted by molar-refractivity contribution is 4.97. The first-order valence-corrected chi connectivity index (χ1v) is 8.17. The smallest absolute Gasteiger partial charge is 0.00142 e. The van der Waals surface area contributed by atoms with E-state index < -0.39 is 0 Å². The van der Waals surface area contributed by atoms with Gasteiger partial charge in [-0.3, -0.25) is 0 Å². The van der Waals surface area contributed by atoms with Gasteiger partial charge in [0.15, 0.2) is 0 Å². The lowest BCUT2D eigenvalue weighted by Crippen LogP contribution is -2.15. The van der Waals surface area contributed by atoms with Crippen LogP contribution in [0.5, 0.6) is 0 Å². The zero-order valence-corrected chi connectivity index (χ0v) is 13.1. The lowest BCUT2D eigenvalue weighted by atomic mass is 10.0. The molecule has 0 aromatic carbocycles. The summed E-state index contributed by atoms with van der Waals surface area (Å²) < 4.78 is 0. The van der Waals surface area contributed by atoms with Crippen molar-refractivity contribution in [2.24, 2.45) is 0 Å². The van der Waals surface area contributed by atoms with E-state index in [9.17, 15) is 0 Å². The number of nitrogens with one attached hydrogen (secondary N) is 1. The zero-order valence-electron chi connectivity index (χ0n) is 13.1. The average molecular weight is 253 g/mol. The normalized spacial score (nSPS) is 12.1. The van der Waals surface area contributed by atoms with Crippen molar-refractivity contribution in [3.05, 3.63) is 11.6 Å². The molecular formula is C17H35N. The van der Waals surface area contributed by atoms with Crippen molar-refractivity contribution >= 4 is 0 Å². The van der Waals surface area contributed by atoms with E-state index in [-0.39, 0.29) is 0 Å². The second-order valence-corrected chi connectivity index (χ2v) is 5.46. The molecule has 108 valence electrons. The molecule has 0 atom stereocenters. The number of allylic oxidation sites excluding steroid dienone is 1. The number of hydrogen-bond donors (Lipinski definition) is 1. The van der Waals surface area contributed by atoms with Crippen molar-refractivity contribution in [3.8, 4) is 0 Å². The van der Waals surface area contributed by atoms with Crippen LogP contribution in [0.15, 0.2) is 11.6 Å². The Morgan fingerprint density at radius 2 is 1.50 bits per heavy atom. The molecule has 1 nitrogen and oxygen atoms in total. The molecule has 0 rings (SSSR count). The highest BCUT2D eigenvalue weighted by atomic mass is 14.8. The summed E-state index contributed by atoms with van der Waals surface area (Å²) in [5.74, 6) is 0. The molecule has 0 heterocycles. The van der Waals surface area contributed by atoms with E-state index in [2.05, 4.69) is 32.2 Å². The molecule has 0 aliphatic carbocycles. The van der Waals surface area contributed by atoms with E-state index in [1.807, 2.05) is 0 Å². The summed E-state index contributed by atoms with van der Waals surface area (Å²) in [7, 11) is 0. The summed E-state index contributed by atoms with van der Waals surface area (Å²) in [5.41, 5.74) is 1.59. The average Bonchev–Trinajstić information content (AvgIpc) is 2.37. The molecule has 1 heteroatoms. The monoisotopic (exact) mass is 253 g/mol. The minimum Gasteiger partial charge on any atom is -0.316 e. The molecule has 1 N–H and O–H groups in total. The van der Waals surface area contributed by atoms with Gasteiger partial charge >= 0.3 is 0 Å². The molecule has 0 aromatic heterocycles. The van der Waals surface area contributed by atoms with E-state index in [1.165, 1.54) is 64.2 Å². The van der Waals surface area contributed by atoms with E-state index in [4.69, 9.17) is 0 Å². The van der Waals surface area contributed by atoms with Gasteiger partial charge in [0.1, 0.15) is 0 Å². The van der Waals surface area contributed by atoms with E-state index >= 15 is 0 Å². The van der Waals surface area contributed by atoms with Gasteiger partial charge in [-0.15, -0.1) is 0 Å². The van der Waals surface area contributed by atoms with E-state index in [1.54, 1.807) is 5.57 Å². The topological polar surface area (TPSA) is 12.0 Å². The first-order valence-electron chi connectivity index (χ1n) is 8.17. The third kappa shape index (κ3) is 13.8. The van der Waals surface area contributed by atoms with E-state index in [0.29, 0.717) is 0 Å². The molecule has 0 saturated carbocycles. The number of hydrogen-bond acceptors (Lipinski definition) is 1. The van der Waals surface area contributed by atoms with Crippen LogP contribution in [0.25, 0.3) is 0 Å². The summed E-state index contributed by atoms with van der Waals surface area (Å²) in [6, 6.07) is 0. The van der Waals surface area contributed by atoms with Crippen molar-refractivity contribution in [1.29, 1.82) is 0 Å². The molecule has 0 bridgehead atoms. The lowest BCUT2D eigenvalue weighted by Gasteiger charge is -2.03.